The highest BCUT2D eigenvalue weighted by Crippen LogP contribution is 2.35. The minimum atomic E-state index is -2.64. The fourth-order valence-electron chi connectivity index (χ4n) is 4.27. The molecule has 3 fully saturated rings. The van der Waals surface area contributed by atoms with Gasteiger partial charge in [0.2, 0.25) is 0 Å². The van der Waals surface area contributed by atoms with Crippen LogP contribution in [0.2, 0.25) is 0 Å². The van der Waals surface area contributed by atoms with E-state index >= 15 is 0 Å². The van der Waals surface area contributed by atoms with E-state index in [1.54, 1.807) is 6.20 Å². The number of rotatable bonds is 5. The molecule has 0 spiro atoms. The van der Waals surface area contributed by atoms with E-state index in [1.165, 1.54) is 12.1 Å². The zero-order valence-electron chi connectivity index (χ0n) is 16.4. The minimum Gasteiger partial charge on any atom is -0.508 e. The topological polar surface area (TPSA) is 70.5 Å². The SMILES string of the molecule is C[C@@H](Nc1cnnc2ccc(N3CC4CC(C3)O4)cc12)c1cc(O)cc(C(F)F)c1. The van der Waals surface area contributed by atoms with Gasteiger partial charge in [-0.2, -0.15) is 10.2 Å². The second-order valence-corrected chi connectivity index (χ2v) is 8.01. The molecule has 6 nitrogen and oxygen atoms in total. The molecule has 3 atom stereocenters. The van der Waals surface area contributed by atoms with Gasteiger partial charge in [-0.05, 0) is 48.9 Å². The van der Waals surface area contributed by atoms with Crippen LogP contribution in [0.25, 0.3) is 10.9 Å². The van der Waals surface area contributed by atoms with Gasteiger partial charge < -0.3 is 20.1 Å². The summed E-state index contributed by atoms with van der Waals surface area (Å²) in [6, 6.07) is 9.73. The Hall–Kier alpha value is -3.00. The van der Waals surface area contributed by atoms with E-state index in [0.29, 0.717) is 17.8 Å². The van der Waals surface area contributed by atoms with Crippen molar-refractivity contribution in [3.05, 3.63) is 53.7 Å². The fraction of sp³-hybridized carbons (Fsp3) is 0.364. The molecule has 2 unspecified atom stereocenters. The van der Waals surface area contributed by atoms with Crippen LogP contribution in [0.5, 0.6) is 5.75 Å². The number of aromatic hydroxyl groups is 1. The Kier molecular flexibility index (Phi) is 4.66. The van der Waals surface area contributed by atoms with Crippen molar-refractivity contribution in [2.24, 2.45) is 0 Å². The van der Waals surface area contributed by atoms with Gasteiger partial charge in [0.05, 0.1) is 29.6 Å². The maximum absolute atomic E-state index is 13.1. The predicted molar refractivity (Wildman–Crippen MR) is 110 cm³/mol. The predicted octanol–water partition coefficient (Wildman–Crippen LogP) is 4.42. The van der Waals surface area contributed by atoms with Gasteiger partial charge in [0.15, 0.2) is 0 Å². The molecule has 3 aliphatic rings. The van der Waals surface area contributed by atoms with Gasteiger partial charge in [0.25, 0.3) is 6.43 Å². The van der Waals surface area contributed by atoms with Crippen LogP contribution >= 0.6 is 0 Å². The number of alkyl halides is 2. The lowest BCUT2D eigenvalue weighted by atomic mass is 9.98. The molecule has 3 saturated heterocycles. The molecule has 2 N–H and O–H groups in total. The van der Waals surface area contributed by atoms with E-state index in [2.05, 4.69) is 26.5 Å². The van der Waals surface area contributed by atoms with E-state index in [0.717, 1.165) is 47.9 Å². The smallest absolute Gasteiger partial charge is 0.263 e. The number of nitrogens with one attached hydrogen (secondary N) is 1. The van der Waals surface area contributed by atoms with Gasteiger partial charge in [-0.3, -0.25) is 0 Å². The van der Waals surface area contributed by atoms with Crippen molar-refractivity contribution in [2.75, 3.05) is 23.3 Å². The Labute approximate surface area is 172 Å². The monoisotopic (exact) mass is 412 g/mol. The summed E-state index contributed by atoms with van der Waals surface area (Å²) in [4.78, 5) is 2.32. The van der Waals surface area contributed by atoms with Crippen LogP contribution in [0, 0.1) is 0 Å². The molecule has 0 radical (unpaired) electrons. The molecule has 3 aliphatic heterocycles. The number of phenols is 1. The molecule has 8 heteroatoms. The molecule has 1 aromatic heterocycles. The van der Waals surface area contributed by atoms with Gasteiger partial charge in [-0.25, -0.2) is 8.78 Å². The number of hydrogen-bond acceptors (Lipinski definition) is 6. The number of nitrogens with zero attached hydrogens (tertiary/aromatic N) is 3. The zero-order valence-corrected chi connectivity index (χ0v) is 16.4. The third-order valence-corrected chi connectivity index (χ3v) is 5.83. The summed E-state index contributed by atoms with van der Waals surface area (Å²) < 4.78 is 32.0. The Morgan fingerprint density at radius 1 is 1.13 bits per heavy atom. The molecule has 0 aliphatic carbocycles. The highest BCUT2D eigenvalue weighted by atomic mass is 19.3. The Bertz CT molecular complexity index is 1080. The van der Waals surface area contributed by atoms with Crippen LogP contribution in [0.15, 0.2) is 42.6 Å². The van der Waals surface area contributed by atoms with E-state index in [4.69, 9.17) is 4.74 Å². The number of benzene rings is 2. The van der Waals surface area contributed by atoms with Crippen LogP contribution in [0.3, 0.4) is 0 Å². The average molecular weight is 412 g/mol. The molecule has 2 bridgehead atoms. The normalized spacial score (nSPS) is 21.5. The summed E-state index contributed by atoms with van der Waals surface area (Å²) >= 11 is 0. The number of fused-ring (bicyclic) bond motifs is 3. The number of morpholine rings is 1. The van der Waals surface area contributed by atoms with Crippen LogP contribution in [0.4, 0.5) is 20.2 Å². The summed E-state index contributed by atoms with van der Waals surface area (Å²) in [5.41, 5.74) is 2.97. The van der Waals surface area contributed by atoms with Gasteiger partial charge >= 0.3 is 0 Å². The second kappa shape index (κ2) is 7.36. The van der Waals surface area contributed by atoms with Crippen LogP contribution in [-0.4, -0.2) is 40.6 Å². The van der Waals surface area contributed by atoms with Gasteiger partial charge in [0, 0.05) is 42.2 Å². The van der Waals surface area contributed by atoms with Crippen molar-refractivity contribution >= 4 is 22.3 Å². The van der Waals surface area contributed by atoms with Gasteiger partial charge in [0.1, 0.15) is 5.75 Å². The van der Waals surface area contributed by atoms with Crippen molar-refractivity contribution in [2.45, 2.75) is 38.0 Å². The van der Waals surface area contributed by atoms with Gasteiger partial charge in [-0.15, -0.1) is 0 Å². The van der Waals surface area contributed by atoms with Crippen LogP contribution < -0.4 is 10.2 Å². The number of phenolic OH excluding ortho intramolecular Hbond substituents is 1. The molecule has 4 heterocycles. The molecule has 0 saturated carbocycles. The molecule has 0 amide bonds. The van der Waals surface area contributed by atoms with Crippen LogP contribution in [0.1, 0.15) is 36.9 Å². The Morgan fingerprint density at radius 2 is 1.87 bits per heavy atom. The maximum atomic E-state index is 13.1. The lowest BCUT2D eigenvalue weighted by Crippen LogP contribution is -2.57. The van der Waals surface area contributed by atoms with Crippen molar-refractivity contribution in [3.63, 3.8) is 0 Å². The summed E-state index contributed by atoms with van der Waals surface area (Å²) in [5.74, 6) is -0.178. The fourth-order valence-corrected chi connectivity index (χ4v) is 4.27. The quantitative estimate of drug-likeness (QED) is 0.646. The lowest BCUT2D eigenvalue weighted by molar-refractivity contribution is -0.133. The number of anilines is 2. The van der Waals surface area contributed by atoms with Crippen molar-refractivity contribution < 1.29 is 18.6 Å². The summed E-state index contributed by atoms with van der Waals surface area (Å²) in [6.45, 7) is 3.61. The molecule has 30 heavy (non-hydrogen) atoms. The molecule has 3 aromatic rings. The molecular weight excluding hydrogens is 390 g/mol. The van der Waals surface area contributed by atoms with E-state index in [-0.39, 0.29) is 17.4 Å². The molecule has 6 rings (SSSR count). The van der Waals surface area contributed by atoms with Gasteiger partial charge in [-0.1, -0.05) is 0 Å². The van der Waals surface area contributed by atoms with E-state index < -0.39 is 6.43 Å². The number of ether oxygens (including phenoxy) is 1. The summed E-state index contributed by atoms with van der Waals surface area (Å²) in [7, 11) is 0. The highest BCUT2D eigenvalue weighted by molar-refractivity contribution is 5.93. The van der Waals surface area contributed by atoms with E-state index in [9.17, 15) is 13.9 Å². The minimum absolute atomic E-state index is 0.178. The average Bonchev–Trinajstić information content (AvgIpc) is 2.72. The summed E-state index contributed by atoms with van der Waals surface area (Å²) in [6.07, 6.45) is 0.735. The molecule has 2 aromatic carbocycles. The maximum Gasteiger partial charge on any atom is 0.263 e. The Morgan fingerprint density at radius 3 is 2.60 bits per heavy atom. The third-order valence-electron chi connectivity index (χ3n) is 5.83. The third kappa shape index (κ3) is 3.52. The standard InChI is InChI=1S/C22H22F2N4O2/c1-12(13-4-14(22(23)24)6-16(29)5-13)26-21-9-25-27-20-3-2-15(7-19(20)21)28-10-17-8-18(11-28)30-17/h2-7,9,12,17-18,22,29H,8,10-11H2,1H3,(H,26,27)/t12-,17?,18?/m1/s1. The number of halogens is 2. The van der Waals surface area contributed by atoms with Crippen molar-refractivity contribution in [3.8, 4) is 5.75 Å². The lowest BCUT2D eigenvalue weighted by Gasteiger charge is -2.48. The first kappa shape index (κ1) is 19.0. The van der Waals surface area contributed by atoms with Crippen molar-refractivity contribution in [1.82, 2.24) is 10.2 Å². The highest BCUT2D eigenvalue weighted by Gasteiger charge is 2.38. The second-order valence-electron chi connectivity index (χ2n) is 8.01. The summed E-state index contributed by atoms with van der Waals surface area (Å²) in [5, 5.41) is 22.4. The first-order valence-corrected chi connectivity index (χ1v) is 10.0. The largest absolute Gasteiger partial charge is 0.508 e. The molecular formula is C22H22F2N4O2. The number of hydrogen-bond donors (Lipinski definition) is 2. The first-order valence-electron chi connectivity index (χ1n) is 10.0. The first-order chi connectivity index (χ1) is 14.5. The van der Waals surface area contributed by atoms with Crippen LogP contribution in [-0.2, 0) is 4.74 Å². The number of aromatic nitrogens is 2. The number of piperidine rings is 1. The van der Waals surface area contributed by atoms with Crippen molar-refractivity contribution in [1.29, 1.82) is 0 Å². The Balaban J connectivity index is 1.44. The molecule has 156 valence electrons. The zero-order chi connectivity index (χ0) is 20.8. The van der Waals surface area contributed by atoms with E-state index in [1.807, 2.05) is 19.1 Å².